The van der Waals surface area contributed by atoms with Crippen LogP contribution in [-0.4, -0.2) is 121 Å². The van der Waals surface area contributed by atoms with Crippen LogP contribution in [-0.2, 0) is 37.0 Å². The molecule has 2 saturated heterocycles. The van der Waals surface area contributed by atoms with Crippen molar-refractivity contribution in [2.75, 3.05) is 59.6 Å². The number of benzene rings is 2. The fraction of sp³-hybridized carbons (Fsp3) is 0.590. The fourth-order valence-electron chi connectivity index (χ4n) is 7.10. The number of alkyl halides is 2. The molecule has 0 aromatic heterocycles. The van der Waals surface area contributed by atoms with Crippen LogP contribution in [0.3, 0.4) is 0 Å². The molecule has 2 N–H and O–H groups in total. The topological polar surface area (TPSA) is 139 Å². The van der Waals surface area contributed by atoms with Crippen molar-refractivity contribution in [2.45, 2.75) is 88.6 Å². The normalized spacial score (nSPS) is 21.1. The Morgan fingerprint density at radius 1 is 0.889 bits per heavy atom. The minimum absolute atomic E-state index is 0.0300. The van der Waals surface area contributed by atoms with Gasteiger partial charge in [0.05, 0.1) is 26.9 Å². The summed E-state index contributed by atoms with van der Waals surface area (Å²) in [6.45, 7) is 8.15. The van der Waals surface area contributed by atoms with Gasteiger partial charge in [0.15, 0.2) is 0 Å². The molecule has 54 heavy (non-hydrogen) atoms. The van der Waals surface area contributed by atoms with E-state index in [1.54, 1.807) is 69.3 Å². The lowest BCUT2D eigenvalue weighted by molar-refractivity contribution is -0.157. The van der Waals surface area contributed by atoms with E-state index in [1.807, 2.05) is 6.07 Å². The first-order valence-corrected chi connectivity index (χ1v) is 18.5. The number of hydrogen-bond acceptors (Lipinski definition) is 9. The third-order valence-corrected chi connectivity index (χ3v) is 10.2. The van der Waals surface area contributed by atoms with Gasteiger partial charge in [-0.05, 0) is 63.3 Å². The number of halogens is 2. The van der Waals surface area contributed by atoms with E-state index in [4.69, 9.17) is 18.9 Å². The van der Waals surface area contributed by atoms with Crippen molar-refractivity contribution in [3.8, 4) is 5.75 Å². The Kier molecular flexibility index (Phi) is 13.0. The predicted molar refractivity (Wildman–Crippen MR) is 195 cm³/mol. The van der Waals surface area contributed by atoms with Gasteiger partial charge < -0.3 is 39.4 Å². The van der Waals surface area contributed by atoms with Gasteiger partial charge in [-0.3, -0.25) is 14.5 Å². The number of rotatable bonds is 12. The van der Waals surface area contributed by atoms with Crippen molar-refractivity contribution in [1.82, 2.24) is 25.3 Å². The van der Waals surface area contributed by atoms with Crippen molar-refractivity contribution in [3.05, 3.63) is 65.7 Å². The Morgan fingerprint density at radius 2 is 1.56 bits per heavy atom. The zero-order valence-electron chi connectivity index (χ0n) is 31.7. The first-order valence-electron chi connectivity index (χ1n) is 18.5. The second kappa shape index (κ2) is 17.3. The summed E-state index contributed by atoms with van der Waals surface area (Å²) in [4.78, 5) is 61.8. The van der Waals surface area contributed by atoms with Crippen LogP contribution >= 0.6 is 0 Å². The highest BCUT2D eigenvalue weighted by Crippen LogP contribution is 2.42. The first-order chi connectivity index (χ1) is 25.6. The van der Waals surface area contributed by atoms with Gasteiger partial charge in [-0.2, -0.15) is 0 Å². The van der Waals surface area contributed by atoms with Gasteiger partial charge >= 0.3 is 12.2 Å². The third kappa shape index (κ3) is 10.4. The van der Waals surface area contributed by atoms with E-state index in [-0.39, 0.29) is 39.2 Å². The number of carbonyl (C=O) groups is 4. The predicted octanol–water partition coefficient (Wildman–Crippen LogP) is 4.73. The van der Waals surface area contributed by atoms with E-state index < -0.39 is 72.3 Å². The molecular formula is C39H53F2N5O8. The minimum atomic E-state index is -3.06. The molecule has 0 spiro atoms. The number of alkyl carbamates (subject to hydrolysis) is 1. The summed E-state index contributed by atoms with van der Waals surface area (Å²) in [5, 5.41) is 5.72. The third-order valence-electron chi connectivity index (χ3n) is 10.2. The number of carbonyl (C=O) groups excluding carboxylic acids is 4. The lowest BCUT2D eigenvalue weighted by atomic mass is 9.77. The fourth-order valence-corrected chi connectivity index (χ4v) is 7.10. The molecule has 2 heterocycles. The van der Waals surface area contributed by atoms with Crippen molar-refractivity contribution in [3.63, 3.8) is 0 Å². The molecule has 15 heteroatoms. The summed E-state index contributed by atoms with van der Waals surface area (Å²) in [5.74, 6) is -3.72. The van der Waals surface area contributed by atoms with Gasteiger partial charge in [0.2, 0.25) is 17.7 Å². The molecule has 1 saturated carbocycles. The van der Waals surface area contributed by atoms with Crippen LogP contribution in [0.4, 0.5) is 18.4 Å². The Hall–Kier alpha value is -4.50. The van der Waals surface area contributed by atoms with Gasteiger partial charge in [0.1, 0.15) is 29.0 Å². The smallest absolute Gasteiger partial charge is 0.410 e. The highest BCUT2D eigenvalue weighted by atomic mass is 19.3. The standard InChI is InChI=1S/C39H53F2N5O8/c1-36(2,3)54-35(50)45-20-18-38(28-45,32(47)42-19-21-44-22-24-52-25-23-44)46(26-29-10-12-31(51-4)13-11-29)33(48)37(14-16-39(40,41)17-15-37)43-34(49)53-27-30-8-6-5-7-9-30/h5-13H,14-28H2,1-4H3,(H,42,47)(H,43,49). The van der Waals surface area contributed by atoms with E-state index >= 15 is 4.79 Å². The lowest BCUT2D eigenvalue weighted by Crippen LogP contribution is -2.69. The maximum absolute atomic E-state index is 15.3. The summed E-state index contributed by atoms with van der Waals surface area (Å²) in [6, 6.07) is 15.8. The van der Waals surface area contributed by atoms with Crippen LogP contribution in [0.25, 0.3) is 0 Å². The van der Waals surface area contributed by atoms with Crippen LogP contribution in [0, 0.1) is 0 Å². The number of hydrogen-bond donors (Lipinski definition) is 2. The first kappa shape index (κ1) is 40.7. The molecule has 0 radical (unpaired) electrons. The molecule has 2 aliphatic heterocycles. The van der Waals surface area contributed by atoms with E-state index in [0.717, 1.165) is 0 Å². The summed E-state index contributed by atoms with van der Waals surface area (Å²) in [6.07, 6.45) is -3.72. The number of likely N-dealkylation sites (tertiary alicyclic amines) is 1. The van der Waals surface area contributed by atoms with Crippen LogP contribution in [0.5, 0.6) is 5.75 Å². The average Bonchev–Trinajstić information content (AvgIpc) is 3.61. The highest BCUT2D eigenvalue weighted by Gasteiger charge is 2.58. The molecule has 4 amide bonds. The van der Waals surface area contributed by atoms with Crippen LogP contribution in [0.15, 0.2) is 54.6 Å². The molecular weight excluding hydrogens is 704 g/mol. The van der Waals surface area contributed by atoms with Crippen LogP contribution in [0.1, 0.15) is 64.0 Å². The number of nitrogens with zero attached hydrogens (tertiary/aromatic N) is 3. The number of nitrogens with one attached hydrogen (secondary N) is 2. The summed E-state index contributed by atoms with van der Waals surface area (Å²) >= 11 is 0. The van der Waals surface area contributed by atoms with Gasteiger partial charge in [0.25, 0.3) is 0 Å². The average molecular weight is 758 g/mol. The highest BCUT2D eigenvalue weighted by molar-refractivity contribution is 5.97. The van der Waals surface area contributed by atoms with Gasteiger partial charge in [-0.15, -0.1) is 0 Å². The maximum atomic E-state index is 15.3. The Balaban J connectivity index is 1.52. The molecule has 1 unspecified atom stereocenters. The van der Waals surface area contributed by atoms with E-state index in [1.165, 1.54) is 16.9 Å². The van der Waals surface area contributed by atoms with Crippen molar-refractivity contribution >= 4 is 24.0 Å². The summed E-state index contributed by atoms with van der Waals surface area (Å²) in [7, 11) is 1.52. The van der Waals surface area contributed by atoms with Crippen molar-refractivity contribution < 1.29 is 46.9 Å². The molecule has 2 aromatic carbocycles. The Labute approximate surface area is 315 Å². The maximum Gasteiger partial charge on any atom is 0.410 e. The van der Waals surface area contributed by atoms with Gasteiger partial charge in [-0.25, -0.2) is 18.4 Å². The molecule has 3 aliphatic rings. The van der Waals surface area contributed by atoms with Crippen molar-refractivity contribution in [1.29, 1.82) is 0 Å². The molecule has 1 atom stereocenters. The molecule has 0 bridgehead atoms. The monoisotopic (exact) mass is 757 g/mol. The zero-order chi connectivity index (χ0) is 39.0. The quantitative estimate of drug-likeness (QED) is 0.315. The zero-order valence-corrected chi connectivity index (χ0v) is 31.7. The number of morpholine rings is 1. The second-order valence-electron chi connectivity index (χ2n) is 15.3. The van der Waals surface area contributed by atoms with E-state index in [2.05, 4.69) is 15.5 Å². The second-order valence-corrected chi connectivity index (χ2v) is 15.3. The van der Waals surface area contributed by atoms with Crippen LogP contribution in [0.2, 0.25) is 0 Å². The number of methoxy groups -OCH3 is 1. The van der Waals surface area contributed by atoms with Gasteiger partial charge in [0, 0.05) is 52.1 Å². The SMILES string of the molecule is COc1ccc(CN(C(=O)C2(NC(=O)OCc3ccccc3)CCC(F)(F)CC2)C2(C(=O)NCCN3CCOCC3)CCN(C(=O)OC(C)(C)C)C2)cc1. The van der Waals surface area contributed by atoms with Gasteiger partial charge in [-0.1, -0.05) is 42.5 Å². The molecule has 1 aliphatic carbocycles. The number of amides is 4. The largest absolute Gasteiger partial charge is 0.497 e. The van der Waals surface area contributed by atoms with E-state index in [0.29, 0.717) is 49.7 Å². The molecule has 2 aromatic rings. The summed E-state index contributed by atoms with van der Waals surface area (Å²) in [5.41, 5.74) is -3.03. The molecule has 13 nitrogen and oxygen atoms in total. The van der Waals surface area contributed by atoms with E-state index in [9.17, 15) is 23.2 Å². The molecule has 5 rings (SSSR count). The Morgan fingerprint density at radius 3 is 2.19 bits per heavy atom. The lowest BCUT2D eigenvalue weighted by Gasteiger charge is -2.47. The van der Waals surface area contributed by atoms with Crippen molar-refractivity contribution in [2.24, 2.45) is 0 Å². The minimum Gasteiger partial charge on any atom is -0.497 e. The number of ether oxygens (including phenoxy) is 4. The molecule has 296 valence electrons. The summed E-state index contributed by atoms with van der Waals surface area (Å²) < 4.78 is 51.6. The Bertz CT molecular complexity index is 1590. The van der Waals surface area contributed by atoms with Crippen LogP contribution < -0.4 is 15.4 Å². The molecule has 3 fully saturated rings.